The minimum atomic E-state index is -0.426. The summed E-state index contributed by atoms with van der Waals surface area (Å²) in [6, 6.07) is 6.83. The minimum absolute atomic E-state index is 0.0386. The molecule has 2 aromatic heterocycles. The van der Waals surface area contributed by atoms with Crippen molar-refractivity contribution in [3.8, 4) is 5.75 Å². The first-order chi connectivity index (χ1) is 13.1. The number of aromatic amines is 1. The summed E-state index contributed by atoms with van der Waals surface area (Å²) < 4.78 is 17.7. The molecule has 0 spiro atoms. The second-order valence-electron chi connectivity index (χ2n) is 6.30. The van der Waals surface area contributed by atoms with Gasteiger partial charge in [0, 0.05) is 29.9 Å². The molecule has 0 amide bonds. The number of ether oxygens (including phenoxy) is 2. The van der Waals surface area contributed by atoms with Crippen LogP contribution in [-0.2, 0) is 17.0 Å². The molecule has 0 aliphatic carbocycles. The van der Waals surface area contributed by atoms with E-state index in [1.54, 1.807) is 17.7 Å². The molecule has 4 rings (SSSR count). The Morgan fingerprint density at radius 2 is 2.26 bits per heavy atom. The summed E-state index contributed by atoms with van der Waals surface area (Å²) in [5.74, 6) is 1.10. The Hall–Kier alpha value is -2.52. The van der Waals surface area contributed by atoms with Crippen LogP contribution in [0.2, 0.25) is 0 Å². The fourth-order valence-electron chi connectivity index (χ4n) is 3.17. The summed E-state index contributed by atoms with van der Waals surface area (Å²) >= 11 is 1.39. The van der Waals surface area contributed by atoms with Gasteiger partial charge in [0.15, 0.2) is 5.16 Å². The topological polar surface area (TPSA) is 99.4 Å². The van der Waals surface area contributed by atoms with E-state index in [0.717, 1.165) is 30.4 Å². The van der Waals surface area contributed by atoms with Gasteiger partial charge in [-0.3, -0.25) is 4.57 Å². The van der Waals surface area contributed by atoms with Crippen molar-refractivity contribution in [3.05, 3.63) is 50.7 Å². The van der Waals surface area contributed by atoms with Crippen LogP contribution in [0.3, 0.4) is 0 Å². The Labute approximate surface area is 158 Å². The van der Waals surface area contributed by atoms with Crippen molar-refractivity contribution in [1.82, 2.24) is 14.8 Å². The molecule has 0 radical (unpaired) electrons. The molecular formula is C18H19N3O5S. The number of benzene rings is 1. The standard InChI is InChI=1S/C18H19N3O5S/c1-24-12-4-5-14-11(7-16(22)26-15(14)8-12)10-27-18-20-19-17(23)21(18)9-13-3-2-6-25-13/h4-5,7-8,13H,2-3,6,9-10H2,1H3,(H,19,23)/t13-/m0/s1. The Kier molecular flexibility index (Phi) is 5.04. The minimum Gasteiger partial charge on any atom is -0.497 e. The number of fused-ring (bicyclic) bond motifs is 1. The van der Waals surface area contributed by atoms with Crippen molar-refractivity contribution in [2.75, 3.05) is 13.7 Å². The summed E-state index contributed by atoms with van der Waals surface area (Å²) in [6.45, 7) is 1.21. The van der Waals surface area contributed by atoms with Crippen molar-refractivity contribution in [1.29, 1.82) is 0 Å². The lowest BCUT2D eigenvalue weighted by Crippen LogP contribution is -2.24. The molecule has 1 fully saturated rings. The van der Waals surface area contributed by atoms with Gasteiger partial charge in [0.05, 0.1) is 19.8 Å². The number of thioether (sulfide) groups is 1. The normalized spacial score (nSPS) is 16.9. The number of nitrogens with zero attached hydrogens (tertiary/aromatic N) is 2. The SMILES string of the molecule is COc1ccc2c(CSc3n[nH]c(=O)n3C[C@@H]3CCCO3)cc(=O)oc2c1. The molecule has 1 saturated heterocycles. The highest BCUT2D eigenvalue weighted by Crippen LogP contribution is 2.27. The van der Waals surface area contributed by atoms with E-state index in [1.165, 1.54) is 17.8 Å². The largest absolute Gasteiger partial charge is 0.497 e. The summed E-state index contributed by atoms with van der Waals surface area (Å²) in [6.07, 6.45) is 1.99. The van der Waals surface area contributed by atoms with E-state index in [1.807, 2.05) is 12.1 Å². The van der Waals surface area contributed by atoms with Crippen LogP contribution in [0.15, 0.2) is 43.4 Å². The number of nitrogens with one attached hydrogen (secondary N) is 1. The van der Waals surface area contributed by atoms with E-state index in [0.29, 0.717) is 28.8 Å². The number of hydrogen-bond acceptors (Lipinski definition) is 7. The molecule has 1 aliphatic heterocycles. The smallest absolute Gasteiger partial charge is 0.344 e. The quantitative estimate of drug-likeness (QED) is 0.509. The summed E-state index contributed by atoms with van der Waals surface area (Å²) in [7, 11) is 1.56. The lowest BCUT2D eigenvalue weighted by Gasteiger charge is -2.11. The monoisotopic (exact) mass is 389 g/mol. The van der Waals surface area contributed by atoms with Crippen LogP contribution >= 0.6 is 11.8 Å². The van der Waals surface area contributed by atoms with Crippen LogP contribution in [-0.4, -0.2) is 34.6 Å². The maximum absolute atomic E-state index is 12.1. The molecule has 1 aromatic carbocycles. The molecule has 8 nitrogen and oxygen atoms in total. The van der Waals surface area contributed by atoms with Gasteiger partial charge in [-0.25, -0.2) is 14.7 Å². The van der Waals surface area contributed by atoms with Crippen molar-refractivity contribution >= 4 is 22.7 Å². The molecule has 1 atom stereocenters. The van der Waals surface area contributed by atoms with E-state index >= 15 is 0 Å². The van der Waals surface area contributed by atoms with E-state index in [2.05, 4.69) is 10.2 Å². The van der Waals surface area contributed by atoms with Gasteiger partial charge in [-0.15, -0.1) is 5.10 Å². The molecule has 0 saturated carbocycles. The maximum Gasteiger partial charge on any atom is 0.344 e. The third-order valence-electron chi connectivity index (χ3n) is 4.53. The maximum atomic E-state index is 12.1. The van der Waals surface area contributed by atoms with Gasteiger partial charge in [0.25, 0.3) is 0 Å². The first-order valence-electron chi connectivity index (χ1n) is 8.64. The highest BCUT2D eigenvalue weighted by atomic mass is 32.2. The average Bonchev–Trinajstić information content (AvgIpc) is 3.30. The average molecular weight is 389 g/mol. The number of H-pyrrole nitrogens is 1. The van der Waals surface area contributed by atoms with E-state index in [9.17, 15) is 9.59 Å². The lowest BCUT2D eigenvalue weighted by atomic mass is 10.1. The van der Waals surface area contributed by atoms with Crippen LogP contribution in [0.25, 0.3) is 11.0 Å². The van der Waals surface area contributed by atoms with Crippen molar-refractivity contribution in [2.24, 2.45) is 0 Å². The first kappa shape index (κ1) is 17.9. The predicted molar refractivity (Wildman–Crippen MR) is 100 cm³/mol. The van der Waals surface area contributed by atoms with E-state index in [4.69, 9.17) is 13.9 Å². The third kappa shape index (κ3) is 3.79. The van der Waals surface area contributed by atoms with Crippen molar-refractivity contribution in [2.45, 2.75) is 36.4 Å². The van der Waals surface area contributed by atoms with Gasteiger partial charge in [0.1, 0.15) is 11.3 Å². The molecule has 9 heteroatoms. The zero-order chi connectivity index (χ0) is 18.8. The third-order valence-corrected chi connectivity index (χ3v) is 5.55. The van der Waals surface area contributed by atoms with Crippen LogP contribution in [0.4, 0.5) is 0 Å². The summed E-state index contributed by atoms with van der Waals surface area (Å²) in [5, 5.41) is 8.01. The second-order valence-corrected chi connectivity index (χ2v) is 7.24. The van der Waals surface area contributed by atoms with Gasteiger partial charge in [-0.1, -0.05) is 11.8 Å². The second kappa shape index (κ2) is 7.61. The predicted octanol–water partition coefficient (Wildman–Crippen LogP) is 2.16. The highest BCUT2D eigenvalue weighted by Gasteiger charge is 2.20. The van der Waals surface area contributed by atoms with Crippen LogP contribution in [0.1, 0.15) is 18.4 Å². The van der Waals surface area contributed by atoms with Crippen molar-refractivity contribution < 1.29 is 13.9 Å². The zero-order valence-corrected chi connectivity index (χ0v) is 15.6. The zero-order valence-electron chi connectivity index (χ0n) is 14.8. The summed E-state index contributed by atoms with van der Waals surface area (Å²) in [4.78, 5) is 24.0. The molecular weight excluding hydrogens is 370 g/mol. The van der Waals surface area contributed by atoms with Crippen LogP contribution in [0.5, 0.6) is 5.75 Å². The van der Waals surface area contributed by atoms with Gasteiger partial charge in [-0.2, -0.15) is 0 Å². The number of hydrogen-bond donors (Lipinski definition) is 1. The molecule has 142 valence electrons. The lowest BCUT2D eigenvalue weighted by molar-refractivity contribution is 0.0941. The van der Waals surface area contributed by atoms with E-state index < -0.39 is 5.63 Å². The summed E-state index contributed by atoms with van der Waals surface area (Å²) in [5.41, 5.74) is 0.601. The molecule has 27 heavy (non-hydrogen) atoms. The Balaban J connectivity index is 1.59. The number of rotatable bonds is 6. The Morgan fingerprint density at radius 3 is 3.04 bits per heavy atom. The van der Waals surface area contributed by atoms with Crippen LogP contribution in [0, 0.1) is 0 Å². The fourth-order valence-corrected chi connectivity index (χ4v) is 4.11. The molecule has 1 N–H and O–H groups in total. The molecule has 3 aromatic rings. The molecule has 1 aliphatic rings. The number of aromatic nitrogens is 3. The fraction of sp³-hybridized carbons (Fsp3) is 0.389. The van der Waals surface area contributed by atoms with Gasteiger partial charge < -0.3 is 13.9 Å². The highest BCUT2D eigenvalue weighted by molar-refractivity contribution is 7.98. The number of methoxy groups -OCH3 is 1. The first-order valence-corrected chi connectivity index (χ1v) is 9.63. The van der Waals surface area contributed by atoms with E-state index in [-0.39, 0.29) is 11.8 Å². The van der Waals surface area contributed by atoms with Gasteiger partial charge >= 0.3 is 11.3 Å². The van der Waals surface area contributed by atoms with Crippen LogP contribution < -0.4 is 16.1 Å². The Bertz CT molecular complexity index is 1060. The van der Waals surface area contributed by atoms with Crippen molar-refractivity contribution in [3.63, 3.8) is 0 Å². The Morgan fingerprint density at radius 1 is 1.37 bits per heavy atom. The molecule has 0 unspecified atom stereocenters. The van der Waals surface area contributed by atoms with Gasteiger partial charge in [-0.05, 0) is 30.5 Å². The molecule has 0 bridgehead atoms. The molecule has 3 heterocycles. The van der Waals surface area contributed by atoms with Gasteiger partial charge in [0.2, 0.25) is 0 Å².